The molecule has 7 nitrogen and oxygen atoms in total. The third kappa shape index (κ3) is 4.33. The summed E-state index contributed by atoms with van der Waals surface area (Å²) in [5.41, 5.74) is 5.09. The standard InChI is InChI=1S/C23H23N5O2S3/c1-6-7-27-20-19(33-23(27)31)21(30)26(12-24-20)10-17-11-32-22(25-17)28(16(5)29)18-14(3)8-13(2)9-15(18)4/h6,8-9,11-12H,1,7,10H2,2-5H3. The lowest BCUT2D eigenvalue weighted by Gasteiger charge is -2.23. The average molecular weight is 498 g/mol. The first-order chi connectivity index (χ1) is 15.7. The summed E-state index contributed by atoms with van der Waals surface area (Å²) in [7, 11) is 0. The zero-order valence-electron chi connectivity index (χ0n) is 18.8. The summed E-state index contributed by atoms with van der Waals surface area (Å²) in [5.74, 6) is -0.116. The van der Waals surface area contributed by atoms with Crippen LogP contribution in [-0.2, 0) is 17.9 Å². The first-order valence-electron chi connectivity index (χ1n) is 10.2. The second kappa shape index (κ2) is 9.12. The molecular formula is C23H23N5O2S3. The maximum absolute atomic E-state index is 13.1. The van der Waals surface area contributed by atoms with Gasteiger partial charge in [-0.1, -0.05) is 35.1 Å². The van der Waals surface area contributed by atoms with E-state index in [2.05, 4.69) is 28.7 Å². The van der Waals surface area contributed by atoms with Crippen LogP contribution in [0.3, 0.4) is 0 Å². The van der Waals surface area contributed by atoms with Gasteiger partial charge in [-0.25, -0.2) is 9.97 Å². The van der Waals surface area contributed by atoms with Gasteiger partial charge >= 0.3 is 0 Å². The fourth-order valence-electron chi connectivity index (χ4n) is 3.93. The number of rotatable bonds is 6. The summed E-state index contributed by atoms with van der Waals surface area (Å²) in [6.45, 7) is 12.0. The van der Waals surface area contributed by atoms with Crippen LogP contribution in [0.1, 0.15) is 29.3 Å². The lowest BCUT2D eigenvalue weighted by molar-refractivity contribution is -0.115. The van der Waals surface area contributed by atoms with E-state index >= 15 is 0 Å². The molecule has 4 aromatic rings. The Labute approximate surface area is 204 Å². The van der Waals surface area contributed by atoms with Crippen molar-refractivity contribution in [3.05, 3.63) is 73.2 Å². The van der Waals surface area contributed by atoms with E-state index in [1.165, 1.54) is 40.5 Å². The van der Waals surface area contributed by atoms with E-state index in [1.807, 2.05) is 26.2 Å². The molecule has 0 unspecified atom stereocenters. The van der Waals surface area contributed by atoms with Gasteiger partial charge in [0.1, 0.15) is 11.0 Å². The number of allylic oxidation sites excluding steroid dienone is 1. The maximum atomic E-state index is 13.1. The van der Waals surface area contributed by atoms with E-state index in [9.17, 15) is 9.59 Å². The van der Waals surface area contributed by atoms with Gasteiger partial charge in [0, 0.05) is 18.8 Å². The van der Waals surface area contributed by atoms with E-state index in [1.54, 1.807) is 15.5 Å². The van der Waals surface area contributed by atoms with Gasteiger partial charge in [-0.3, -0.25) is 19.1 Å². The number of carbonyl (C=O) groups excluding carboxylic acids is 1. The molecule has 10 heteroatoms. The monoisotopic (exact) mass is 497 g/mol. The second-order valence-electron chi connectivity index (χ2n) is 7.82. The minimum Gasteiger partial charge on any atom is -0.304 e. The van der Waals surface area contributed by atoms with Crippen LogP contribution in [0.25, 0.3) is 10.3 Å². The molecule has 3 aromatic heterocycles. The van der Waals surface area contributed by atoms with Crippen molar-refractivity contribution in [3.8, 4) is 0 Å². The molecule has 1 amide bonds. The second-order valence-corrected chi connectivity index (χ2v) is 10.3. The summed E-state index contributed by atoms with van der Waals surface area (Å²) >= 11 is 8.00. The molecule has 1 aromatic carbocycles. The van der Waals surface area contributed by atoms with Crippen molar-refractivity contribution in [1.29, 1.82) is 0 Å². The molecule has 0 bridgehead atoms. The van der Waals surface area contributed by atoms with Crippen LogP contribution in [0.5, 0.6) is 0 Å². The van der Waals surface area contributed by atoms with Crippen molar-refractivity contribution in [1.82, 2.24) is 19.1 Å². The van der Waals surface area contributed by atoms with Gasteiger partial charge in [0.15, 0.2) is 14.7 Å². The van der Waals surface area contributed by atoms with Crippen molar-refractivity contribution < 1.29 is 4.79 Å². The Balaban J connectivity index is 1.70. The molecule has 0 atom stereocenters. The van der Waals surface area contributed by atoms with Crippen LogP contribution in [0.15, 0.2) is 41.3 Å². The van der Waals surface area contributed by atoms with Gasteiger partial charge < -0.3 is 4.57 Å². The summed E-state index contributed by atoms with van der Waals surface area (Å²) < 4.78 is 4.41. The first-order valence-corrected chi connectivity index (χ1v) is 12.3. The number of amides is 1. The number of aromatic nitrogens is 4. The Hall–Kier alpha value is -2.95. The molecule has 0 radical (unpaired) electrons. The van der Waals surface area contributed by atoms with E-state index < -0.39 is 0 Å². The number of hydrogen-bond donors (Lipinski definition) is 0. The molecule has 0 saturated carbocycles. The number of thiazole rings is 2. The molecule has 33 heavy (non-hydrogen) atoms. The molecule has 0 N–H and O–H groups in total. The Kier molecular flexibility index (Phi) is 6.42. The Morgan fingerprint density at radius 1 is 1.27 bits per heavy atom. The smallest absolute Gasteiger partial charge is 0.273 e. The highest BCUT2D eigenvalue weighted by molar-refractivity contribution is 7.73. The topological polar surface area (TPSA) is 73.0 Å². The van der Waals surface area contributed by atoms with Crippen LogP contribution in [0.4, 0.5) is 10.8 Å². The van der Waals surface area contributed by atoms with Gasteiger partial charge in [-0.2, -0.15) is 0 Å². The molecule has 3 heterocycles. The maximum Gasteiger partial charge on any atom is 0.273 e. The molecule has 0 aliphatic rings. The summed E-state index contributed by atoms with van der Waals surface area (Å²) in [4.78, 5) is 36.4. The zero-order valence-corrected chi connectivity index (χ0v) is 21.2. The number of carbonyl (C=O) groups is 1. The Morgan fingerprint density at radius 2 is 1.97 bits per heavy atom. The highest BCUT2D eigenvalue weighted by Crippen LogP contribution is 2.34. The van der Waals surface area contributed by atoms with Gasteiger partial charge in [-0.15, -0.1) is 17.9 Å². The highest BCUT2D eigenvalue weighted by Gasteiger charge is 2.22. The third-order valence-electron chi connectivity index (χ3n) is 5.19. The summed E-state index contributed by atoms with van der Waals surface area (Å²) in [5, 5.41) is 2.44. The average Bonchev–Trinajstić information content (AvgIpc) is 3.32. The fraction of sp³-hybridized carbons (Fsp3) is 0.261. The van der Waals surface area contributed by atoms with Crippen molar-refractivity contribution >= 4 is 62.0 Å². The minimum atomic E-state index is -0.165. The molecule has 0 aliphatic carbocycles. The highest BCUT2D eigenvalue weighted by atomic mass is 32.1. The fourth-order valence-corrected chi connectivity index (χ4v) is 6.11. The molecular weight excluding hydrogens is 474 g/mol. The lowest BCUT2D eigenvalue weighted by atomic mass is 10.0. The Bertz CT molecular complexity index is 1490. The predicted molar refractivity (Wildman–Crippen MR) is 138 cm³/mol. The van der Waals surface area contributed by atoms with Crippen LogP contribution in [-0.4, -0.2) is 25.0 Å². The number of fused-ring (bicyclic) bond motifs is 1. The van der Waals surface area contributed by atoms with Crippen molar-refractivity contribution in [2.24, 2.45) is 0 Å². The number of benzene rings is 1. The van der Waals surface area contributed by atoms with Crippen LogP contribution in [0.2, 0.25) is 0 Å². The summed E-state index contributed by atoms with van der Waals surface area (Å²) in [6.07, 6.45) is 3.24. The van der Waals surface area contributed by atoms with Crippen LogP contribution >= 0.6 is 34.9 Å². The van der Waals surface area contributed by atoms with Gasteiger partial charge in [0.2, 0.25) is 5.91 Å². The van der Waals surface area contributed by atoms with E-state index in [0.717, 1.165) is 22.4 Å². The number of hydrogen-bond acceptors (Lipinski definition) is 7. The van der Waals surface area contributed by atoms with Crippen molar-refractivity contribution in [3.63, 3.8) is 0 Å². The number of anilines is 2. The molecule has 4 rings (SSSR count). The largest absolute Gasteiger partial charge is 0.304 e. The van der Waals surface area contributed by atoms with E-state index in [4.69, 9.17) is 12.2 Å². The van der Waals surface area contributed by atoms with Crippen molar-refractivity contribution in [2.45, 2.75) is 40.8 Å². The Morgan fingerprint density at radius 3 is 2.61 bits per heavy atom. The molecule has 170 valence electrons. The van der Waals surface area contributed by atoms with Gasteiger partial charge in [0.05, 0.1) is 17.9 Å². The zero-order chi connectivity index (χ0) is 23.9. The van der Waals surface area contributed by atoms with Crippen molar-refractivity contribution in [2.75, 3.05) is 4.90 Å². The SMILES string of the molecule is C=CCn1c(=S)sc2c(=O)n(Cc3csc(N(C(C)=O)c4c(C)cc(C)cc4C)n3)cnc21. The normalized spacial score (nSPS) is 11.2. The van der Waals surface area contributed by atoms with E-state index in [-0.39, 0.29) is 18.0 Å². The third-order valence-corrected chi connectivity index (χ3v) is 7.49. The minimum absolute atomic E-state index is 0.116. The molecule has 0 saturated heterocycles. The first kappa shape index (κ1) is 23.2. The quantitative estimate of drug-likeness (QED) is 0.267. The van der Waals surface area contributed by atoms with Crippen LogP contribution < -0.4 is 10.5 Å². The number of aryl methyl sites for hydroxylation is 3. The molecule has 0 spiro atoms. The lowest BCUT2D eigenvalue weighted by Crippen LogP contribution is -2.25. The van der Waals surface area contributed by atoms with Gasteiger partial charge in [-0.05, 0) is 44.1 Å². The van der Waals surface area contributed by atoms with E-state index in [0.29, 0.717) is 31.7 Å². The van der Waals surface area contributed by atoms with Gasteiger partial charge in [0.25, 0.3) is 5.56 Å². The number of nitrogens with zero attached hydrogens (tertiary/aromatic N) is 5. The summed E-state index contributed by atoms with van der Waals surface area (Å²) in [6, 6.07) is 4.11. The molecule has 0 aliphatic heterocycles. The predicted octanol–water partition coefficient (Wildman–Crippen LogP) is 5.29. The molecule has 0 fully saturated rings. The van der Waals surface area contributed by atoms with Crippen LogP contribution in [0, 0.1) is 24.7 Å².